The number of rotatable bonds is 8. The molecule has 5 rings (SSSR count). The van der Waals surface area contributed by atoms with Crippen LogP contribution in [0.1, 0.15) is 35.2 Å². The maximum atomic E-state index is 11.1. The van der Waals surface area contributed by atoms with E-state index in [1.165, 1.54) is 11.6 Å². The number of ether oxygens (including phenoxy) is 2. The summed E-state index contributed by atoms with van der Waals surface area (Å²) in [4.78, 5) is 11.1. The Bertz CT molecular complexity index is 1220. The quantitative estimate of drug-likeness (QED) is 0.406. The van der Waals surface area contributed by atoms with E-state index >= 15 is 0 Å². The molecule has 2 aliphatic carbocycles. The third-order valence-corrected chi connectivity index (χ3v) is 6.44. The van der Waals surface area contributed by atoms with Crippen molar-refractivity contribution < 1.29 is 14.3 Å². The number of anilines is 1. The van der Waals surface area contributed by atoms with Crippen LogP contribution < -0.4 is 14.8 Å². The summed E-state index contributed by atoms with van der Waals surface area (Å²) in [5.74, 6) is 2.25. The molecular weight excluding hydrogens is 414 g/mol. The Morgan fingerprint density at radius 2 is 1.85 bits per heavy atom. The van der Waals surface area contributed by atoms with Crippen molar-refractivity contribution in [2.45, 2.75) is 30.7 Å². The van der Waals surface area contributed by atoms with Crippen molar-refractivity contribution in [1.29, 1.82) is 0 Å². The van der Waals surface area contributed by atoms with Gasteiger partial charge in [-0.15, -0.1) is 0 Å². The maximum absolute atomic E-state index is 11.1. The standard InChI is InChI=1S/C27H27N3O3/c1-32-24-12-9-20(17-25(24)33-2)27(19-7-4-3-5-8-19)14-13-22-23(18-27)30(15-6-16-31)29-26(22)28-21-10-11-21/h3-9,12-17,21H,10-11,18H2,1-2H3,(H,28,29). The summed E-state index contributed by atoms with van der Waals surface area (Å²) in [7, 11) is 3.30. The van der Waals surface area contributed by atoms with E-state index in [2.05, 4.69) is 47.8 Å². The smallest absolute Gasteiger partial charge is 0.161 e. The lowest BCUT2D eigenvalue weighted by Crippen LogP contribution is -2.31. The van der Waals surface area contributed by atoms with Gasteiger partial charge in [-0.25, -0.2) is 4.68 Å². The van der Waals surface area contributed by atoms with Gasteiger partial charge in [-0.3, -0.25) is 4.79 Å². The first-order valence-electron chi connectivity index (χ1n) is 11.2. The number of hydrogen-bond acceptors (Lipinski definition) is 5. The first-order valence-corrected chi connectivity index (χ1v) is 11.2. The van der Waals surface area contributed by atoms with Gasteiger partial charge in [0, 0.05) is 29.6 Å². The van der Waals surface area contributed by atoms with Crippen LogP contribution in [0.25, 0.3) is 12.3 Å². The molecule has 1 N–H and O–H groups in total. The second-order valence-electron chi connectivity index (χ2n) is 8.47. The van der Waals surface area contributed by atoms with E-state index in [0.29, 0.717) is 24.0 Å². The van der Waals surface area contributed by atoms with E-state index in [0.717, 1.165) is 41.8 Å². The molecule has 3 aromatic rings. The van der Waals surface area contributed by atoms with Crippen molar-refractivity contribution >= 4 is 24.4 Å². The lowest BCUT2D eigenvalue weighted by molar-refractivity contribution is -0.104. The Labute approximate surface area is 193 Å². The molecular formula is C27H27N3O3. The van der Waals surface area contributed by atoms with Crippen LogP contribution in [0.4, 0.5) is 5.82 Å². The highest BCUT2D eigenvalue weighted by Crippen LogP contribution is 2.45. The molecule has 6 nitrogen and oxygen atoms in total. The van der Waals surface area contributed by atoms with Gasteiger partial charge in [-0.1, -0.05) is 48.6 Å². The fourth-order valence-corrected chi connectivity index (χ4v) is 4.56. The molecule has 33 heavy (non-hydrogen) atoms. The predicted molar refractivity (Wildman–Crippen MR) is 130 cm³/mol. The molecule has 1 aromatic heterocycles. The van der Waals surface area contributed by atoms with E-state index in [1.807, 2.05) is 22.9 Å². The van der Waals surface area contributed by atoms with Gasteiger partial charge < -0.3 is 14.8 Å². The SMILES string of the molecule is COc1ccc(C2(c3ccccc3)C=Cc3c(NC4CC4)nn(C=CC=O)c3C2)cc1OC. The zero-order valence-electron chi connectivity index (χ0n) is 18.8. The molecule has 0 aliphatic heterocycles. The van der Waals surface area contributed by atoms with Crippen molar-refractivity contribution in [3.05, 3.63) is 83.1 Å². The fourth-order valence-electron chi connectivity index (χ4n) is 4.56. The van der Waals surface area contributed by atoms with Gasteiger partial charge in [0.1, 0.15) is 6.29 Å². The topological polar surface area (TPSA) is 65.4 Å². The minimum Gasteiger partial charge on any atom is -0.493 e. The minimum atomic E-state index is -0.433. The number of methoxy groups -OCH3 is 2. The maximum Gasteiger partial charge on any atom is 0.161 e. The predicted octanol–water partition coefficient (Wildman–Crippen LogP) is 4.70. The number of aromatic nitrogens is 2. The van der Waals surface area contributed by atoms with Gasteiger partial charge in [-0.2, -0.15) is 5.10 Å². The number of nitrogens with zero attached hydrogens (tertiary/aromatic N) is 2. The van der Waals surface area contributed by atoms with Crippen molar-refractivity contribution in [1.82, 2.24) is 9.78 Å². The molecule has 1 unspecified atom stereocenters. The molecule has 168 valence electrons. The number of fused-ring (bicyclic) bond motifs is 1. The Kier molecular flexibility index (Phi) is 5.50. The second kappa shape index (κ2) is 8.62. The second-order valence-corrected chi connectivity index (χ2v) is 8.47. The van der Waals surface area contributed by atoms with Crippen molar-refractivity contribution in [3.63, 3.8) is 0 Å². The number of allylic oxidation sites excluding steroid dienone is 2. The summed E-state index contributed by atoms with van der Waals surface area (Å²) in [5.41, 5.74) is 3.96. The number of nitrogens with one attached hydrogen (secondary N) is 1. The average molecular weight is 442 g/mol. The van der Waals surface area contributed by atoms with Gasteiger partial charge in [-0.05, 0) is 42.2 Å². The summed E-state index contributed by atoms with van der Waals surface area (Å²) in [6.45, 7) is 0. The molecule has 0 spiro atoms. The first-order chi connectivity index (χ1) is 16.2. The Hall–Kier alpha value is -3.80. The summed E-state index contributed by atoms with van der Waals surface area (Å²) >= 11 is 0. The molecule has 1 fully saturated rings. The molecule has 1 saturated carbocycles. The van der Waals surface area contributed by atoms with Gasteiger partial charge in [0.2, 0.25) is 0 Å². The average Bonchev–Trinajstić information content (AvgIpc) is 3.63. The Morgan fingerprint density at radius 3 is 2.55 bits per heavy atom. The van der Waals surface area contributed by atoms with Crippen LogP contribution in [-0.4, -0.2) is 36.3 Å². The van der Waals surface area contributed by atoms with E-state index in [4.69, 9.17) is 14.6 Å². The van der Waals surface area contributed by atoms with Gasteiger partial charge in [0.15, 0.2) is 17.3 Å². The monoisotopic (exact) mass is 441 g/mol. The fraction of sp³-hybridized carbons (Fsp3) is 0.259. The van der Waals surface area contributed by atoms with Crippen molar-refractivity contribution in [3.8, 4) is 11.5 Å². The molecule has 6 heteroatoms. The third kappa shape index (κ3) is 3.82. The summed E-state index contributed by atoms with van der Waals surface area (Å²) in [5, 5.41) is 8.33. The van der Waals surface area contributed by atoms with Gasteiger partial charge in [0.25, 0.3) is 0 Å². The highest BCUT2D eigenvalue weighted by molar-refractivity contribution is 5.74. The molecule has 0 radical (unpaired) electrons. The van der Waals surface area contributed by atoms with E-state index in [9.17, 15) is 4.79 Å². The van der Waals surface area contributed by atoms with Crippen LogP contribution in [0.3, 0.4) is 0 Å². The van der Waals surface area contributed by atoms with Crippen LogP contribution in [0.5, 0.6) is 11.5 Å². The van der Waals surface area contributed by atoms with Crippen LogP contribution in [0, 0.1) is 0 Å². The van der Waals surface area contributed by atoms with Crippen LogP contribution >= 0.6 is 0 Å². The molecule has 0 amide bonds. The third-order valence-electron chi connectivity index (χ3n) is 6.44. The molecule has 1 heterocycles. The van der Waals surface area contributed by atoms with Crippen molar-refractivity contribution in [2.24, 2.45) is 0 Å². The number of carbonyl (C=O) groups is 1. The minimum absolute atomic E-state index is 0.433. The van der Waals surface area contributed by atoms with E-state index in [-0.39, 0.29) is 0 Å². The van der Waals surface area contributed by atoms with Crippen LogP contribution in [0.15, 0.2) is 60.7 Å². The normalized spacial score (nSPS) is 19.3. The first kappa shape index (κ1) is 21.1. The lowest BCUT2D eigenvalue weighted by atomic mass is 9.68. The summed E-state index contributed by atoms with van der Waals surface area (Å²) in [6.07, 6.45) is 11.4. The number of aldehydes is 1. The number of hydrogen-bond donors (Lipinski definition) is 1. The molecule has 2 aromatic carbocycles. The van der Waals surface area contributed by atoms with Crippen molar-refractivity contribution in [2.75, 3.05) is 19.5 Å². The highest BCUT2D eigenvalue weighted by atomic mass is 16.5. The zero-order valence-corrected chi connectivity index (χ0v) is 18.8. The molecule has 2 aliphatic rings. The van der Waals surface area contributed by atoms with Gasteiger partial charge >= 0.3 is 0 Å². The number of benzene rings is 2. The molecule has 0 bridgehead atoms. The number of carbonyl (C=O) groups excluding carboxylic acids is 1. The Morgan fingerprint density at radius 1 is 1.06 bits per heavy atom. The Balaban J connectivity index is 1.68. The lowest BCUT2D eigenvalue weighted by Gasteiger charge is -2.35. The zero-order chi connectivity index (χ0) is 22.8. The van der Waals surface area contributed by atoms with Gasteiger partial charge in [0.05, 0.1) is 19.9 Å². The van der Waals surface area contributed by atoms with E-state index in [1.54, 1.807) is 20.4 Å². The highest BCUT2D eigenvalue weighted by Gasteiger charge is 2.38. The van der Waals surface area contributed by atoms with Crippen LogP contribution in [-0.2, 0) is 16.6 Å². The summed E-state index contributed by atoms with van der Waals surface area (Å²) in [6, 6.07) is 17.0. The molecule has 0 saturated heterocycles. The van der Waals surface area contributed by atoms with E-state index < -0.39 is 5.41 Å². The molecule has 1 atom stereocenters. The summed E-state index contributed by atoms with van der Waals surface area (Å²) < 4.78 is 12.9. The largest absolute Gasteiger partial charge is 0.493 e. The van der Waals surface area contributed by atoms with Crippen LogP contribution in [0.2, 0.25) is 0 Å².